The van der Waals surface area contributed by atoms with Crippen molar-refractivity contribution < 1.29 is 0 Å². The molecule has 4 heteroatoms. The number of benzene rings is 1. The van der Waals surface area contributed by atoms with E-state index in [0.717, 1.165) is 10.7 Å². The Labute approximate surface area is 98.6 Å². The topological polar surface area (TPSA) is 0 Å². The van der Waals surface area contributed by atoms with Gasteiger partial charge in [-0.2, -0.15) is 0 Å². The third-order valence-corrected chi connectivity index (χ3v) is 4.24. The molecule has 0 bridgehead atoms. The first-order valence-corrected chi connectivity index (χ1v) is 6.40. The highest BCUT2D eigenvalue weighted by Gasteiger charge is 2.09. The first-order chi connectivity index (χ1) is 6.24. The van der Waals surface area contributed by atoms with Crippen LogP contribution in [0.2, 0.25) is 10.0 Å². The van der Waals surface area contributed by atoms with Gasteiger partial charge >= 0.3 is 0 Å². The van der Waals surface area contributed by atoms with E-state index in [0.29, 0.717) is 10.0 Å². The summed E-state index contributed by atoms with van der Waals surface area (Å²) in [6, 6.07) is 3.91. The summed E-state index contributed by atoms with van der Waals surface area (Å²) < 4.78 is 1.21. The summed E-state index contributed by atoms with van der Waals surface area (Å²) in [5, 5.41) is 5.16. The molecule has 0 saturated heterocycles. The van der Waals surface area contributed by atoms with Crippen molar-refractivity contribution in [1.82, 2.24) is 0 Å². The fraction of sp³-hybridized carbons (Fsp3) is 0.111. The van der Waals surface area contributed by atoms with Crippen molar-refractivity contribution >= 4 is 60.6 Å². The number of thiophene rings is 1. The average molecular weight is 296 g/mol. The Hall–Kier alpha value is 0.240. The van der Waals surface area contributed by atoms with Gasteiger partial charge in [-0.25, -0.2) is 0 Å². The Kier molecular flexibility index (Phi) is 2.84. The van der Waals surface area contributed by atoms with Gasteiger partial charge in [0.1, 0.15) is 0 Å². The number of hydrogen-bond acceptors (Lipinski definition) is 1. The van der Waals surface area contributed by atoms with Gasteiger partial charge in [-0.1, -0.05) is 39.1 Å². The van der Waals surface area contributed by atoms with Crippen molar-refractivity contribution in [3.8, 4) is 0 Å². The van der Waals surface area contributed by atoms with Gasteiger partial charge in [-0.15, -0.1) is 11.3 Å². The van der Waals surface area contributed by atoms with E-state index in [-0.39, 0.29) is 0 Å². The van der Waals surface area contributed by atoms with E-state index in [9.17, 15) is 0 Å². The SMILES string of the molecule is Clc1cc(CBr)c2sccc2c1Cl. The Bertz CT molecular complexity index is 450. The lowest BCUT2D eigenvalue weighted by Gasteiger charge is -2.02. The molecule has 13 heavy (non-hydrogen) atoms. The second kappa shape index (κ2) is 3.77. The van der Waals surface area contributed by atoms with Crippen molar-refractivity contribution in [2.24, 2.45) is 0 Å². The fourth-order valence-electron chi connectivity index (χ4n) is 1.24. The van der Waals surface area contributed by atoms with E-state index in [2.05, 4.69) is 15.9 Å². The van der Waals surface area contributed by atoms with Crippen LogP contribution in [0.25, 0.3) is 10.1 Å². The maximum atomic E-state index is 6.06. The predicted molar refractivity (Wildman–Crippen MR) is 64.5 cm³/mol. The van der Waals surface area contributed by atoms with Crippen molar-refractivity contribution in [3.63, 3.8) is 0 Å². The van der Waals surface area contributed by atoms with Gasteiger partial charge in [-0.05, 0) is 23.1 Å². The van der Waals surface area contributed by atoms with Gasteiger partial charge < -0.3 is 0 Å². The van der Waals surface area contributed by atoms with Gasteiger partial charge in [0.25, 0.3) is 0 Å². The van der Waals surface area contributed by atoms with Crippen molar-refractivity contribution in [1.29, 1.82) is 0 Å². The summed E-state index contributed by atoms with van der Waals surface area (Å²) in [5.74, 6) is 0. The molecule has 1 heterocycles. The largest absolute Gasteiger partial charge is 0.143 e. The number of fused-ring (bicyclic) bond motifs is 1. The molecule has 0 aliphatic carbocycles. The number of hydrogen-bond donors (Lipinski definition) is 0. The average Bonchev–Trinajstić information content (AvgIpc) is 2.60. The Balaban J connectivity index is 2.87. The Morgan fingerprint density at radius 3 is 2.85 bits per heavy atom. The highest BCUT2D eigenvalue weighted by molar-refractivity contribution is 9.08. The molecule has 0 radical (unpaired) electrons. The van der Waals surface area contributed by atoms with Crippen LogP contribution in [-0.2, 0) is 5.33 Å². The van der Waals surface area contributed by atoms with Crippen LogP contribution >= 0.6 is 50.5 Å². The molecular formula is C9H5BrCl2S. The standard InChI is InChI=1S/C9H5BrCl2S/c10-4-5-3-7(11)8(12)6-1-2-13-9(5)6/h1-3H,4H2. The van der Waals surface area contributed by atoms with Crippen LogP contribution in [0.1, 0.15) is 5.56 Å². The number of halogens is 3. The normalized spacial score (nSPS) is 11.0. The number of rotatable bonds is 1. The highest BCUT2D eigenvalue weighted by Crippen LogP contribution is 2.37. The first-order valence-electron chi connectivity index (χ1n) is 3.64. The highest BCUT2D eigenvalue weighted by atomic mass is 79.9. The number of alkyl halides is 1. The Morgan fingerprint density at radius 2 is 2.15 bits per heavy atom. The molecule has 1 aromatic heterocycles. The van der Waals surface area contributed by atoms with E-state index < -0.39 is 0 Å². The predicted octanol–water partition coefficient (Wildman–Crippen LogP) is 5.10. The van der Waals surface area contributed by atoms with E-state index in [1.54, 1.807) is 11.3 Å². The van der Waals surface area contributed by atoms with Crippen molar-refractivity contribution in [2.45, 2.75) is 5.33 Å². The van der Waals surface area contributed by atoms with Gasteiger partial charge in [0, 0.05) is 15.4 Å². The molecule has 0 saturated carbocycles. The first kappa shape index (κ1) is 9.78. The Morgan fingerprint density at radius 1 is 1.38 bits per heavy atom. The lowest BCUT2D eigenvalue weighted by Crippen LogP contribution is -1.79. The summed E-state index contributed by atoms with van der Waals surface area (Å²) in [5.41, 5.74) is 1.19. The summed E-state index contributed by atoms with van der Waals surface area (Å²) >= 11 is 17.2. The van der Waals surface area contributed by atoms with Crippen LogP contribution in [0.4, 0.5) is 0 Å². The maximum Gasteiger partial charge on any atom is 0.0679 e. The molecule has 0 amide bonds. The second-order valence-corrected chi connectivity index (χ2v) is 4.89. The molecule has 2 aromatic rings. The molecule has 68 valence electrons. The molecule has 0 nitrogen and oxygen atoms in total. The zero-order valence-electron chi connectivity index (χ0n) is 6.48. The lowest BCUT2D eigenvalue weighted by atomic mass is 10.2. The molecule has 0 aliphatic heterocycles. The zero-order chi connectivity index (χ0) is 9.42. The quantitative estimate of drug-likeness (QED) is 0.642. The van der Waals surface area contributed by atoms with E-state index in [1.807, 2.05) is 17.5 Å². The van der Waals surface area contributed by atoms with Crippen LogP contribution in [0, 0.1) is 0 Å². The molecular weight excluding hydrogens is 291 g/mol. The fourth-order valence-corrected chi connectivity index (χ4v) is 3.29. The minimum Gasteiger partial charge on any atom is -0.143 e. The molecule has 0 fully saturated rings. The van der Waals surface area contributed by atoms with Crippen LogP contribution in [-0.4, -0.2) is 0 Å². The maximum absolute atomic E-state index is 6.06. The van der Waals surface area contributed by atoms with Gasteiger partial charge in [0.2, 0.25) is 0 Å². The van der Waals surface area contributed by atoms with Gasteiger partial charge in [0.15, 0.2) is 0 Å². The summed E-state index contributed by atoms with van der Waals surface area (Å²) in [6.07, 6.45) is 0. The van der Waals surface area contributed by atoms with Gasteiger partial charge in [0.05, 0.1) is 10.0 Å². The van der Waals surface area contributed by atoms with E-state index in [4.69, 9.17) is 23.2 Å². The smallest absolute Gasteiger partial charge is 0.0679 e. The minimum absolute atomic E-state index is 0.627. The van der Waals surface area contributed by atoms with Crippen molar-refractivity contribution in [2.75, 3.05) is 0 Å². The van der Waals surface area contributed by atoms with Crippen LogP contribution < -0.4 is 0 Å². The molecule has 0 spiro atoms. The van der Waals surface area contributed by atoms with Gasteiger partial charge in [-0.3, -0.25) is 0 Å². The summed E-state index contributed by atoms with van der Waals surface area (Å²) in [7, 11) is 0. The minimum atomic E-state index is 0.627. The lowest BCUT2D eigenvalue weighted by molar-refractivity contribution is 1.51. The second-order valence-electron chi connectivity index (χ2n) is 2.63. The molecule has 0 aliphatic rings. The molecule has 0 unspecified atom stereocenters. The van der Waals surface area contributed by atoms with E-state index in [1.165, 1.54) is 10.3 Å². The van der Waals surface area contributed by atoms with Crippen LogP contribution in [0.15, 0.2) is 17.5 Å². The zero-order valence-corrected chi connectivity index (χ0v) is 10.4. The summed E-state index contributed by atoms with van der Waals surface area (Å²) in [4.78, 5) is 0. The third-order valence-electron chi connectivity index (χ3n) is 1.85. The molecule has 2 rings (SSSR count). The molecule has 0 N–H and O–H groups in total. The summed E-state index contributed by atoms with van der Waals surface area (Å²) in [6.45, 7) is 0. The molecule has 0 atom stereocenters. The third kappa shape index (κ3) is 1.61. The molecule has 1 aromatic carbocycles. The van der Waals surface area contributed by atoms with Crippen LogP contribution in [0.3, 0.4) is 0 Å². The van der Waals surface area contributed by atoms with Crippen molar-refractivity contribution in [3.05, 3.63) is 33.1 Å². The van der Waals surface area contributed by atoms with E-state index >= 15 is 0 Å². The monoisotopic (exact) mass is 294 g/mol. The van der Waals surface area contributed by atoms with Crippen LogP contribution in [0.5, 0.6) is 0 Å².